The molecule has 2 aromatic rings. The zero-order chi connectivity index (χ0) is 20.6. The minimum atomic E-state index is -0.274. The number of rotatable bonds is 7. The van der Waals surface area contributed by atoms with Crippen LogP contribution in [-0.4, -0.2) is 37.0 Å². The molecule has 0 saturated carbocycles. The molecule has 0 spiro atoms. The first kappa shape index (κ1) is 20.8. The third-order valence-corrected chi connectivity index (χ3v) is 5.35. The average Bonchev–Trinajstić information content (AvgIpc) is 2.75. The van der Waals surface area contributed by atoms with Crippen LogP contribution in [0.5, 0.6) is 5.75 Å². The molecule has 1 saturated heterocycles. The van der Waals surface area contributed by atoms with Gasteiger partial charge >= 0.3 is 0 Å². The van der Waals surface area contributed by atoms with Gasteiger partial charge in [0.05, 0.1) is 18.4 Å². The van der Waals surface area contributed by atoms with Crippen molar-refractivity contribution in [1.29, 1.82) is 0 Å². The Morgan fingerprint density at radius 3 is 2.72 bits per heavy atom. The third kappa shape index (κ3) is 5.77. The summed E-state index contributed by atoms with van der Waals surface area (Å²) in [5.41, 5.74) is 1.63. The molecule has 3 rings (SSSR count). The predicted octanol–water partition coefficient (Wildman–Crippen LogP) is 3.31. The van der Waals surface area contributed by atoms with Crippen LogP contribution in [0.25, 0.3) is 0 Å². The average molecular weight is 396 g/mol. The highest BCUT2D eigenvalue weighted by Crippen LogP contribution is 2.29. The number of nitrogens with one attached hydrogen (secondary N) is 3. The Kier molecular flexibility index (Phi) is 7.19. The van der Waals surface area contributed by atoms with Gasteiger partial charge in [0.2, 0.25) is 5.91 Å². The molecule has 154 valence electrons. The summed E-state index contributed by atoms with van der Waals surface area (Å²) in [5.74, 6) is 1.12. The number of carbonyl (C=O) groups is 2. The van der Waals surface area contributed by atoms with Crippen molar-refractivity contribution in [2.75, 3.05) is 30.8 Å². The molecule has 3 N–H and O–H groups in total. The molecule has 0 bridgehead atoms. The SMILES string of the molecule is COc1cc(NC(=O)CC(C)C2CCNCC2)ccc1NC(=O)c1cccnc1. The number of pyridine rings is 1. The molecular weight excluding hydrogens is 368 g/mol. The normalized spacial score (nSPS) is 15.4. The highest BCUT2D eigenvalue weighted by Gasteiger charge is 2.22. The smallest absolute Gasteiger partial charge is 0.257 e. The van der Waals surface area contributed by atoms with E-state index in [1.807, 2.05) is 0 Å². The van der Waals surface area contributed by atoms with Gasteiger partial charge in [0.15, 0.2) is 0 Å². The van der Waals surface area contributed by atoms with Crippen molar-refractivity contribution in [3.63, 3.8) is 0 Å². The van der Waals surface area contributed by atoms with Crippen molar-refractivity contribution >= 4 is 23.2 Å². The molecule has 7 nitrogen and oxygen atoms in total. The summed E-state index contributed by atoms with van der Waals surface area (Å²) in [6, 6.07) is 8.59. The van der Waals surface area contributed by atoms with Crippen molar-refractivity contribution in [2.45, 2.75) is 26.2 Å². The summed E-state index contributed by atoms with van der Waals surface area (Å²) in [4.78, 5) is 28.8. The number of benzene rings is 1. The summed E-state index contributed by atoms with van der Waals surface area (Å²) in [7, 11) is 1.53. The van der Waals surface area contributed by atoms with Crippen LogP contribution in [0.3, 0.4) is 0 Å². The third-order valence-electron chi connectivity index (χ3n) is 5.35. The van der Waals surface area contributed by atoms with Crippen LogP contribution >= 0.6 is 0 Å². The van der Waals surface area contributed by atoms with Gasteiger partial charge in [0, 0.05) is 30.6 Å². The molecule has 0 radical (unpaired) electrons. The van der Waals surface area contributed by atoms with Gasteiger partial charge in [-0.25, -0.2) is 0 Å². The Labute approximate surface area is 171 Å². The van der Waals surface area contributed by atoms with Crippen LogP contribution in [0.4, 0.5) is 11.4 Å². The number of carbonyl (C=O) groups excluding carboxylic acids is 2. The highest BCUT2D eigenvalue weighted by molar-refractivity contribution is 6.05. The van der Waals surface area contributed by atoms with E-state index in [9.17, 15) is 9.59 Å². The van der Waals surface area contributed by atoms with Gasteiger partial charge in [0.25, 0.3) is 5.91 Å². The van der Waals surface area contributed by atoms with Gasteiger partial charge < -0.3 is 20.7 Å². The van der Waals surface area contributed by atoms with Gasteiger partial charge in [-0.15, -0.1) is 0 Å². The number of hydrogen-bond donors (Lipinski definition) is 3. The van der Waals surface area contributed by atoms with Gasteiger partial charge in [-0.3, -0.25) is 14.6 Å². The monoisotopic (exact) mass is 396 g/mol. The molecular formula is C22H28N4O3. The zero-order valence-electron chi connectivity index (χ0n) is 16.9. The lowest BCUT2D eigenvalue weighted by molar-refractivity contribution is -0.117. The van der Waals surface area contributed by atoms with Crippen molar-refractivity contribution in [3.05, 3.63) is 48.3 Å². The molecule has 29 heavy (non-hydrogen) atoms. The Balaban J connectivity index is 1.60. The first-order valence-corrected chi connectivity index (χ1v) is 9.97. The molecule has 1 unspecified atom stereocenters. The molecule has 2 heterocycles. The molecule has 1 aliphatic heterocycles. The van der Waals surface area contributed by atoms with Crippen LogP contribution < -0.4 is 20.7 Å². The fraction of sp³-hybridized carbons (Fsp3) is 0.409. The lowest BCUT2D eigenvalue weighted by Crippen LogP contribution is -2.32. The first-order chi connectivity index (χ1) is 14.1. The van der Waals surface area contributed by atoms with Crippen molar-refractivity contribution < 1.29 is 14.3 Å². The summed E-state index contributed by atoms with van der Waals surface area (Å²) >= 11 is 0. The van der Waals surface area contributed by atoms with Crippen LogP contribution in [0.2, 0.25) is 0 Å². The number of hydrogen-bond acceptors (Lipinski definition) is 5. The number of amides is 2. The molecule has 7 heteroatoms. The summed E-state index contributed by atoms with van der Waals surface area (Å²) in [5, 5.41) is 9.11. The lowest BCUT2D eigenvalue weighted by atomic mass is 9.84. The first-order valence-electron chi connectivity index (χ1n) is 9.97. The minimum absolute atomic E-state index is 0.00905. The number of nitrogens with zero attached hydrogens (tertiary/aromatic N) is 1. The van der Waals surface area contributed by atoms with Crippen molar-refractivity contribution in [1.82, 2.24) is 10.3 Å². The second-order valence-electron chi connectivity index (χ2n) is 7.43. The lowest BCUT2D eigenvalue weighted by Gasteiger charge is -2.27. The van der Waals surface area contributed by atoms with E-state index in [1.54, 1.807) is 36.5 Å². The maximum Gasteiger partial charge on any atom is 0.257 e. The molecule has 1 aliphatic rings. The van der Waals surface area contributed by atoms with Crippen molar-refractivity contribution in [3.8, 4) is 5.75 Å². The van der Waals surface area contributed by atoms with E-state index in [2.05, 4.69) is 27.9 Å². The van der Waals surface area contributed by atoms with E-state index in [4.69, 9.17) is 4.74 Å². The number of methoxy groups -OCH3 is 1. The molecule has 1 fully saturated rings. The van der Waals surface area contributed by atoms with E-state index in [0.717, 1.165) is 25.9 Å². The maximum atomic E-state index is 12.5. The largest absolute Gasteiger partial charge is 0.494 e. The van der Waals surface area contributed by atoms with Gasteiger partial charge in [0.1, 0.15) is 5.75 Å². The molecule has 1 aromatic heterocycles. The van der Waals surface area contributed by atoms with Crippen LogP contribution in [0.1, 0.15) is 36.5 Å². The van der Waals surface area contributed by atoms with E-state index in [0.29, 0.717) is 40.9 Å². The fourth-order valence-corrected chi connectivity index (χ4v) is 3.65. The number of anilines is 2. The molecule has 0 aliphatic carbocycles. The van der Waals surface area contributed by atoms with Crippen molar-refractivity contribution in [2.24, 2.45) is 11.8 Å². The Bertz CT molecular complexity index is 835. The van der Waals surface area contributed by atoms with E-state index >= 15 is 0 Å². The van der Waals surface area contributed by atoms with E-state index in [-0.39, 0.29) is 11.8 Å². The quantitative estimate of drug-likeness (QED) is 0.668. The van der Waals surface area contributed by atoms with Crippen LogP contribution in [0.15, 0.2) is 42.7 Å². The Morgan fingerprint density at radius 1 is 1.24 bits per heavy atom. The molecule has 1 atom stereocenters. The fourth-order valence-electron chi connectivity index (χ4n) is 3.65. The van der Waals surface area contributed by atoms with Crippen LogP contribution in [0, 0.1) is 11.8 Å². The van der Waals surface area contributed by atoms with E-state index < -0.39 is 0 Å². The summed E-state index contributed by atoms with van der Waals surface area (Å²) < 4.78 is 5.39. The van der Waals surface area contributed by atoms with Gasteiger partial charge in [-0.05, 0) is 62.0 Å². The van der Waals surface area contributed by atoms with Gasteiger partial charge in [-0.1, -0.05) is 6.92 Å². The number of aromatic nitrogens is 1. The van der Waals surface area contributed by atoms with Crippen LogP contribution in [-0.2, 0) is 4.79 Å². The van der Waals surface area contributed by atoms with E-state index in [1.165, 1.54) is 13.3 Å². The Hall–Kier alpha value is -2.93. The molecule has 1 aromatic carbocycles. The second-order valence-corrected chi connectivity index (χ2v) is 7.43. The molecule has 2 amide bonds. The topological polar surface area (TPSA) is 92.4 Å². The second kappa shape index (κ2) is 10.0. The standard InChI is InChI=1S/C22H28N4O3/c1-15(16-7-10-23-11-8-16)12-21(27)25-18-5-6-19(20(13-18)29-2)26-22(28)17-4-3-9-24-14-17/h3-6,9,13-16,23H,7-8,10-12H2,1-2H3,(H,25,27)(H,26,28). The zero-order valence-corrected chi connectivity index (χ0v) is 16.9. The predicted molar refractivity (Wildman–Crippen MR) is 113 cm³/mol. The minimum Gasteiger partial charge on any atom is -0.494 e. The number of piperidine rings is 1. The number of ether oxygens (including phenoxy) is 1. The summed E-state index contributed by atoms with van der Waals surface area (Å²) in [6.07, 6.45) is 5.84. The highest BCUT2D eigenvalue weighted by atomic mass is 16.5. The Morgan fingerprint density at radius 2 is 2.03 bits per heavy atom. The summed E-state index contributed by atoms with van der Waals surface area (Å²) in [6.45, 7) is 4.20. The maximum absolute atomic E-state index is 12.5. The van der Waals surface area contributed by atoms with Gasteiger partial charge in [-0.2, -0.15) is 0 Å².